The molecule has 0 aliphatic rings. The fourth-order valence-corrected chi connectivity index (χ4v) is 3.12. The number of non-ortho nitro benzene ring substituents is 1. The minimum absolute atomic E-state index is 0.0264. The smallest absolute Gasteiger partial charge is 0.275 e. The zero-order chi connectivity index (χ0) is 15.2. The minimum Gasteiger partial charge on any atom is -0.493 e. The molecule has 0 atom stereocenters. The van der Waals surface area contributed by atoms with E-state index in [2.05, 4.69) is 21.2 Å². The number of thiophene rings is 1. The van der Waals surface area contributed by atoms with E-state index in [0.29, 0.717) is 24.6 Å². The molecule has 0 amide bonds. The van der Waals surface area contributed by atoms with Crippen molar-refractivity contribution in [1.82, 2.24) is 0 Å². The molecule has 0 bridgehead atoms. The first-order valence-electron chi connectivity index (χ1n) is 6.47. The fraction of sp³-hybridized carbons (Fsp3) is 0.286. The first-order valence-corrected chi connectivity index (χ1v) is 8.15. The van der Waals surface area contributed by atoms with Crippen molar-refractivity contribution in [1.29, 1.82) is 0 Å². The van der Waals surface area contributed by atoms with Crippen molar-refractivity contribution in [2.45, 2.75) is 19.9 Å². The van der Waals surface area contributed by atoms with Crippen molar-refractivity contribution in [3.05, 3.63) is 49.1 Å². The molecule has 0 spiro atoms. The van der Waals surface area contributed by atoms with Gasteiger partial charge in [0.05, 0.1) is 17.6 Å². The molecule has 1 N–H and O–H groups in total. The second kappa shape index (κ2) is 7.42. The van der Waals surface area contributed by atoms with Crippen LogP contribution in [0.2, 0.25) is 0 Å². The first-order chi connectivity index (χ1) is 10.1. The maximum Gasteiger partial charge on any atom is 0.275 e. The summed E-state index contributed by atoms with van der Waals surface area (Å²) >= 11 is 5.03. The van der Waals surface area contributed by atoms with Crippen molar-refractivity contribution < 1.29 is 9.66 Å². The van der Waals surface area contributed by atoms with E-state index in [0.717, 1.165) is 15.8 Å². The molecule has 112 valence electrons. The van der Waals surface area contributed by atoms with Gasteiger partial charge in [0.2, 0.25) is 0 Å². The van der Waals surface area contributed by atoms with Gasteiger partial charge in [-0.1, -0.05) is 6.92 Å². The van der Waals surface area contributed by atoms with E-state index in [1.165, 1.54) is 12.1 Å². The summed E-state index contributed by atoms with van der Waals surface area (Å²) in [5, 5.41) is 16.2. The zero-order valence-corrected chi connectivity index (χ0v) is 13.9. The first kappa shape index (κ1) is 15.8. The van der Waals surface area contributed by atoms with Gasteiger partial charge < -0.3 is 10.1 Å². The lowest BCUT2D eigenvalue weighted by atomic mass is 10.2. The topological polar surface area (TPSA) is 64.4 Å². The average Bonchev–Trinajstić information content (AvgIpc) is 2.88. The summed E-state index contributed by atoms with van der Waals surface area (Å²) in [6.45, 7) is 3.15. The third-order valence-corrected chi connectivity index (χ3v) is 4.36. The van der Waals surface area contributed by atoms with Gasteiger partial charge in [-0.15, -0.1) is 11.3 Å². The van der Waals surface area contributed by atoms with Crippen LogP contribution >= 0.6 is 27.3 Å². The Balaban J connectivity index is 2.12. The second-order valence-corrected chi connectivity index (χ2v) is 6.32. The molecule has 1 heterocycles. The lowest BCUT2D eigenvalue weighted by Gasteiger charge is -2.09. The summed E-state index contributed by atoms with van der Waals surface area (Å²) in [4.78, 5) is 11.7. The maximum atomic E-state index is 11.0. The molecule has 0 aliphatic carbocycles. The van der Waals surface area contributed by atoms with E-state index in [-0.39, 0.29) is 5.69 Å². The van der Waals surface area contributed by atoms with Gasteiger partial charge >= 0.3 is 0 Å². The normalized spacial score (nSPS) is 10.4. The van der Waals surface area contributed by atoms with Crippen LogP contribution in [0.5, 0.6) is 5.75 Å². The highest BCUT2D eigenvalue weighted by molar-refractivity contribution is 9.10. The Morgan fingerprint density at radius 1 is 1.38 bits per heavy atom. The zero-order valence-electron chi connectivity index (χ0n) is 11.5. The third kappa shape index (κ3) is 4.71. The molecular formula is C14H15BrN2O3S. The van der Waals surface area contributed by atoms with Crippen LogP contribution < -0.4 is 10.1 Å². The number of ether oxygens (including phenoxy) is 1. The van der Waals surface area contributed by atoms with Crippen LogP contribution in [0, 0.1) is 10.1 Å². The number of halogens is 1. The highest BCUT2D eigenvalue weighted by Crippen LogP contribution is 2.27. The largest absolute Gasteiger partial charge is 0.493 e. The highest BCUT2D eigenvalue weighted by atomic mass is 79.9. The van der Waals surface area contributed by atoms with Crippen molar-refractivity contribution in [3.63, 3.8) is 0 Å². The maximum absolute atomic E-state index is 11.0. The van der Waals surface area contributed by atoms with E-state index in [1.54, 1.807) is 17.4 Å². The van der Waals surface area contributed by atoms with Gasteiger partial charge in [0.15, 0.2) is 0 Å². The number of benzene rings is 1. The summed E-state index contributed by atoms with van der Waals surface area (Å²) in [5.41, 5.74) is 0.707. The van der Waals surface area contributed by atoms with E-state index in [9.17, 15) is 10.1 Å². The van der Waals surface area contributed by atoms with Crippen LogP contribution in [0.4, 0.5) is 11.4 Å². The van der Waals surface area contributed by atoms with Gasteiger partial charge in [0.1, 0.15) is 5.75 Å². The second-order valence-electron chi connectivity index (χ2n) is 4.41. The molecule has 0 saturated heterocycles. The van der Waals surface area contributed by atoms with E-state index >= 15 is 0 Å². The summed E-state index contributed by atoms with van der Waals surface area (Å²) in [6, 6.07) is 6.76. The van der Waals surface area contributed by atoms with Gasteiger partial charge in [-0.05, 0) is 28.4 Å². The fourth-order valence-electron chi connectivity index (χ4n) is 1.73. The standard InChI is InChI=1S/C14H15BrN2O3S/c1-2-3-20-13-6-11(5-12(7-13)17(18)19)16-8-14-4-10(15)9-21-14/h4-7,9,16H,2-3,8H2,1H3. The van der Waals surface area contributed by atoms with Crippen LogP contribution in [-0.4, -0.2) is 11.5 Å². The van der Waals surface area contributed by atoms with E-state index in [1.807, 2.05) is 18.4 Å². The SMILES string of the molecule is CCCOc1cc(NCc2cc(Br)cs2)cc([N+](=O)[O-])c1. The molecule has 2 rings (SSSR count). The lowest BCUT2D eigenvalue weighted by molar-refractivity contribution is -0.384. The Kier molecular flexibility index (Phi) is 5.58. The van der Waals surface area contributed by atoms with Gasteiger partial charge in [-0.25, -0.2) is 0 Å². The number of nitrogens with zero attached hydrogens (tertiary/aromatic N) is 1. The molecule has 2 aromatic rings. The number of nitro groups is 1. The molecule has 0 unspecified atom stereocenters. The Morgan fingerprint density at radius 3 is 2.81 bits per heavy atom. The van der Waals surface area contributed by atoms with Crippen LogP contribution in [-0.2, 0) is 6.54 Å². The van der Waals surface area contributed by atoms with E-state index in [4.69, 9.17) is 4.74 Å². The third-order valence-electron chi connectivity index (χ3n) is 2.66. The highest BCUT2D eigenvalue weighted by Gasteiger charge is 2.11. The molecule has 21 heavy (non-hydrogen) atoms. The molecule has 0 fully saturated rings. The van der Waals surface area contributed by atoms with Crippen LogP contribution in [0.1, 0.15) is 18.2 Å². The Hall–Kier alpha value is -1.60. The predicted molar refractivity (Wildman–Crippen MR) is 88.2 cm³/mol. The van der Waals surface area contributed by atoms with Crippen molar-refractivity contribution in [2.24, 2.45) is 0 Å². The molecule has 0 radical (unpaired) electrons. The minimum atomic E-state index is -0.411. The van der Waals surface area contributed by atoms with Crippen molar-refractivity contribution >= 4 is 38.6 Å². The number of hydrogen-bond acceptors (Lipinski definition) is 5. The van der Waals surface area contributed by atoms with Crippen LogP contribution in [0.15, 0.2) is 34.1 Å². The van der Waals surface area contributed by atoms with Crippen molar-refractivity contribution in [3.8, 4) is 5.75 Å². The van der Waals surface area contributed by atoms with Crippen LogP contribution in [0.3, 0.4) is 0 Å². The summed E-state index contributed by atoms with van der Waals surface area (Å²) in [7, 11) is 0. The summed E-state index contributed by atoms with van der Waals surface area (Å²) in [5.74, 6) is 0.515. The quantitative estimate of drug-likeness (QED) is 0.560. The Labute approximate surface area is 135 Å². The molecule has 1 aromatic carbocycles. The molecule has 7 heteroatoms. The predicted octanol–water partition coefficient (Wildman–Crippen LogP) is 4.82. The molecule has 0 saturated carbocycles. The average molecular weight is 371 g/mol. The van der Waals surface area contributed by atoms with Gasteiger partial charge in [0.25, 0.3) is 5.69 Å². The molecular weight excluding hydrogens is 356 g/mol. The van der Waals surface area contributed by atoms with Gasteiger partial charge in [0, 0.05) is 39.1 Å². The Morgan fingerprint density at radius 2 is 2.19 bits per heavy atom. The summed E-state index contributed by atoms with van der Waals surface area (Å²) in [6.07, 6.45) is 0.856. The van der Waals surface area contributed by atoms with Gasteiger partial charge in [-0.3, -0.25) is 10.1 Å². The Bertz CT molecular complexity index is 630. The lowest BCUT2D eigenvalue weighted by Crippen LogP contribution is -2.01. The number of nitro benzene ring substituents is 1. The molecule has 5 nitrogen and oxygen atoms in total. The monoisotopic (exact) mass is 370 g/mol. The summed E-state index contributed by atoms with van der Waals surface area (Å²) < 4.78 is 6.53. The molecule has 0 aliphatic heterocycles. The number of nitrogens with one attached hydrogen (secondary N) is 1. The van der Waals surface area contributed by atoms with Crippen molar-refractivity contribution in [2.75, 3.05) is 11.9 Å². The van der Waals surface area contributed by atoms with Gasteiger partial charge in [-0.2, -0.15) is 0 Å². The number of rotatable bonds is 7. The van der Waals surface area contributed by atoms with Crippen LogP contribution in [0.25, 0.3) is 0 Å². The number of hydrogen-bond donors (Lipinski definition) is 1. The molecule has 1 aromatic heterocycles. The van der Waals surface area contributed by atoms with E-state index < -0.39 is 4.92 Å². The number of anilines is 1.